The Morgan fingerprint density at radius 3 is 2.58 bits per heavy atom. The minimum absolute atomic E-state index is 0.00844. The molecule has 2 amide bonds. The van der Waals surface area contributed by atoms with Crippen LogP contribution in [0, 0.1) is 0 Å². The van der Waals surface area contributed by atoms with Crippen molar-refractivity contribution in [1.82, 2.24) is 20.4 Å². The van der Waals surface area contributed by atoms with E-state index < -0.39 is 0 Å². The van der Waals surface area contributed by atoms with E-state index in [1.54, 1.807) is 24.3 Å². The Morgan fingerprint density at radius 2 is 1.92 bits per heavy atom. The number of amides is 2. The zero-order valence-electron chi connectivity index (χ0n) is 13.1. The second kappa shape index (κ2) is 6.79. The standard InChI is InChI=1S/C16H19N5O3/c17-13(22)9-21-7-5-10(6-8-21)18-16(24)14-11-3-1-2-4-12(11)15(23)20-19-14/h1-4,10H,5-9H2,(H2,17,22)(H,18,24)(H,20,23). The lowest BCUT2D eigenvalue weighted by Crippen LogP contribution is -2.47. The Labute approximate surface area is 138 Å². The number of carbonyl (C=O) groups is 2. The maximum absolute atomic E-state index is 12.5. The van der Waals surface area contributed by atoms with Crippen molar-refractivity contribution < 1.29 is 9.59 Å². The maximum Gasteiger partial charge on any atom is 0.272 e. The maximum atomic E-state index is 12.5. The van der Waals surface area contributed by atoms with Gasteiger partial charge in [0, 0.05) is 24.5 Å². The second-order valence-electron chi connectivity index (χ2n) is 5.94. The summed E-state index contributed by atoms with van der Waals surface area (Å²) >= 11 is 0. The molecule has 1 fully saturated rings. The number of H-pyrrole nitrogens is 1. The Kier molecular flexibility index (Phi) is 4.57. The molecular weight excluding hydrogens is 310 g/mol. The normalized spacial score (nSPS) is 16.2. The van der Waals surface area contributed by atoms with Gasteiger partial charge in [-0.3, -0.25) is 19.3 Å². The van der Waals surface area contributed by atoms with E-state index in [1.807, 2.05) is 4.90 Å². The highest BCUT2D eigenvalue weighted by Crippen LogP contribution is 2.14. The number of hydrogen-bond donors (Lipinski definition) is 3. The molecule has 2 aromatic rings. The summed E-state index contributed by atoms with van der Waals surface area (Å²) in [5.41, 5.74) is 5.09. The van der Waals surface area contributed by atoms with Crippen molar-refractivity contribution in [2.75, 3.05) is 19.6 Å². The number of nitrogens with zero attached hydrogens (tertiary/aromatic N) is 2. The highest BCUT2D eigenvalue weighted by atomic mass is 16.2. The number of nitrogens with two attached hydrogens (primary N) is 1. The number of primary amides is 1. The van der Waals surface area contributed by atoms with Crippen LogP contribution in [0.4, 0.5) is 0 Å². The van der Waals surface area contributed by atoms with E-state index in [9.17, 15) is 14.4 Å². The van der Waals surface area contributed by atoms with Crippen LogP contribution in [0.5, 0.6) is 0 Å². The quantitative estimate of drug-likeness (QED) is 0.705. The molecule has 8 nitrogen and oxygen atoms in total. The van der Waals surface area contributed by atoms with Crippen LogP contribution in [-0.4, -0.2) is 52.6 Å². The van der Waals surface area contributed by atoms with Crippen LogP contribution in [0.2, 0.25) is 0 Å². The van der Waals surface area contributed by atoms with Crippen LogP contribution in [0.1, 0.15) is 23.3 Å². The van der Waals surface area contributed by atoms with Gasteiger partial charge in [0.15, 0.2) is 5.69 Å². The van der Waals surface area contributed by atoms with Gasteiger partial charge in [0.05, 0.1) is 11.9 Å². The number of aromatic amines is 1. The first-order valence-corrected chi connectivity index (χ1v) is 7.83. The van der Waals surface area contributed by atoms with E-state index in [-0.39, 0.29) is 35.7 Å². The molecule has 126 valence electrons. The highest BCUT2D eigenvalue weighted by molar-refractivity contribution is 6.04. The van der Waals surface area contributed by atoms with Crippen molar-refractivity contribution in [2.45, 2.75) is 18.9 Å². The number of aromatic nitrogens is 2. The molecule has 0 atom stereocenters. The first-order valence-electron chi connectivity index (χ1n) is 7.83. The number of fused-ring (bicyclic) bond motifs is 1. The van der Waals surface area contributed by atoms with E-state index in [1.165, 1.54) is 0 Å². The fraction of sp³-hybridized carbons (Fsp3) is 0.375. The van der Waals surface area contributed by atoms with Gasteiger partial charge in [-0.05, 0) is 18.9 Å². The smallest absolute Gasteiger partial charge is 0.272 e. The molecule has 0 spiro atoms. The SMILES string of the molecule is NC(=O)CN1CCC(NC(=O)c2n[nH]c(=O)c3ccccc23)CC1. The third-order valence-electron chi connectivity index (χ3n) is 4.21. The Balaban J connectivity index is 1.70. The highest BCUT2D eigenvalue weighted by Gasteiger charge is 2.23. The molecule has 0 radical (unpaired) electrons. The van der Waals surface area contributed by atoms with Crippen LogP contribution in [0.15, 0.2) is 29.1 Å². The van der Waals surface area contributed by atoms with Crippen LogP contribution < -0.4 is 16.6 Å². The van der Waals surface area contributed by atoms with E-state index in [4.69, 9.17) is 5.73 Å². The first kappa shape index (κ1) is 16.1. The third kappa shape index (κ3) is 3.43. The molecule has 1 aromatic carbocycles. The van der Waals surface area contributed by atoms with Gasteiger partial charge in [0.1, 0.15) is 0 Å². The zero-order chi connectivity index (χ0) is 17.1. The lowest BCUT2D eigenvalue weighted by molar-refractivity contribution is -0.119. The molecule has 0 saturated carbocycles. The Morgan fingerprint density at radius 1 is 1.25 bits per heavy atom. The van der Waals surface area contributed by atoms with Crippen LogP contribution >= 0.6 is 0 Å². The monoisotopic (exact) mass is 329 g/mol. The molecular formula is C16H19N5O3. The summed E-state index contributed by atoms with van der Waals surface area (Å²) in [5.74, 6) is -0.655. The van der Waals surface area contributed by atoms with Crippen molar-refractivity contribution in [3.8, 4) is 0 Å². The zero-order valence-corrected chi connectivity index (χ0v) is 13.1. The molecule has 4 N–H and O–H groups in total. The fourth-order valence-corrected chi connectivity index (χ4v) is 3.00. The summed E-state index contributed by atoms with van der Waals surface area (Å²) in [6, 6.07) is 6.89. The predicted molar refractivity (Wildman–Crippen MR) is 88.5 cm³/mol. The van der Waals surface area contributed by atoms with Gasteiger partial charge in [-0.1, -0.05) is 18.2 Å². The molecule has 2 heterocycles. The van der Waals surface area contributed by atoms with Crippen molar-refractivity contribution in [1.29, 1.82) is 0 Å². The minimum atomic E-state index is -0.346. The van der Waals surface area contributed by atoms with Gasteiger partial charge >= 0.3 is 0 Å². The topological polar surface area (TPSA) is 121 Å². The molecule has 24 heavy (non-hydrogen) atoms. The lowest BCUT2D eigenvalue weighted by atomic mass is 10.0. The summed E-state index contributed by atoms with van der Waals surface area (Å²) in [5, 5.41) is 10.2. The number of piperidine rings is 1. The number of benzene rings is 1. The average molecular weight is 329 g/mol. The Hall–Kier alpha value is -2.74. The number of rotatable bonds is 4. The molecule has 1 aromatic heterocycles. The molecule has 0 bridgehead atoms. The van der Waals surface area contributed by atoms with Crippen molar-refractivity contribution in [3.63, 3.8) is 0 Å². The van der Waals surface area contributed by atoms with Gasteiger partial charge in [0.25, 0.3) is 11.5 Å². The van der Waals surface area contributed by atoms with Crippen molar-refractivity contribution >= 4 is 22.6 Å². The molecule has 0 unspecified atom stereocenters. The molecule has 8 heteroatoms. The van der Waals surface area contributed by atoms with Gasteiger partial charge in [-0.2, -0.15) is 5.10 Å². The minimum Gasteiger partial charge on any atom is -0.369 e. The largest absolute Gasteiger partial charge is 0.369 e. The van der Waals surface area contributed by atoms with Crippen LogP contribution in [0.25, 0.3) is 10.8 Å². The van der Waals surface area contributed by atoms with Crippen molar-refractivity contribution in [2.24, 2.45) is 5.73 Å². The van der Waals surface area contributed by atoms with E-state index >= 15 is 0 Å². The molecule has 0 aliphatic carbocycles. The summed E-state index contributed by atoms with van der Waals surface area (Å²) < 4.78 is 0. The number of nitrogens with one attached hydrogen (secondary N) is 2. The number of hydrogen-bond acceptors (Lipinski definition) is 5. The Bertz CT molecular complexity index is 824. The third-order valence-corrected chi connectivity index (χ3v) is 4.21. The first-order chi connectivity index (χ1) is 11.5. The molecule has 1 aliphatic rings. The lowest BCUT2D eigenvalue weighted by Gasteiger charge is -2.31. The molecule has 1 aliphatic heterocycles. The summed E-state index contributed by atoms with van der Waals surface area (Å²) in [4.78, 5) is 37.2. The van der Waals surface area contributed by atoms with Crippen LogP contribution in [-0.2, 0) is 4.79 Å². The van der Waals surface area contributed by atoms with Gasteiger partial charge < -0.3 is 11.1 Å². The van der Waals surface area contributed by atoms with Crippen LogP contribution in [0.3, 0.4) is 0 Å². The van der Waals surface area contributed by atoms with Crippen molar-refractivity contribution in [3.05, 3.63) is 40.3 Å². The number of carbonyl (C=O) groups excluding carboxylic acids is 2. The second-order valence-corrected chi connectivity index (χ2v) is 5.94. The average Bonchev–Trinajstić information content (AvgIpc) is 2.57. The van der Waals surface area contributed by atoms with Gasteiger partial charge in [-0.15, -0.1) is 0 Å². The van der Waals surface area contributed by atoms with Gasteiger partial charge in [-0.25, -0.2) is 5.10 Å². The van der Waals surface area contributed by atoms with Gasteiger partial charge in [0.2, 0.25) is 5.91 Å². The van der Waals surface area contributed by atoms with E-state index in [0.29, 0.717) is 23.9 Å². The predicted octanol–water partition coefficient (Wildman–Crippen LogP) is -0.397. The molecule has 1 saturated heterocycles. The number of likely N-dealkylation sites (tertiary alicyclic amines) is 1. The fourth-order valence-electron chi connectivity index (χ4n) is 3.00. The summed E-state index contributed by atoms with van der Waals surface area (Å²) in [6.07, 6.45) is 1.47. The summed E-state index contributed by atoms with van der Waals surface area (Å²) in [6.45, 7) is 1.65. The van der Waals surface area contributed by atoms with E-state index in [2.05, 4.69) is 15.5 Å². The summed E-state index contributed by atoms with van der Waals surface area (Å²) in [7, 11) is 0. The molecule has 3 rings (SSSR count). The van der Waals surface area contributed by atoms with E-state index in [0.717, 1.165) is 12.8 Å².